The first-order valence-electron chi connectivity index (χ1n) is 5.98. The molecule has 0 saturated carbocycles. The number of amides is 1. The zero-order valence-electron chi connectivity index (χ0n) is 10.9. The summed E-state index contributed by atoms with van der Waals surface area (Å²) in [5, 5.41) is 41.0. The van der Waals surface area contributed by atoms with Crippen LogP contribution in [0.3, 0.4) is 0 Å². The van der Waals surface area contributed by atoms with Crippen LogP contribution in [0.25, 0.3) is 0 Å². The summed E-state index contributed by atoms with van der Waals surface area (Å²) in [4.78, 5) is 12.2. The quantitative estimate of drug-likeness (QED) is 0.478. The third kappa shape index (κ3) is 2.00. The summed E-state index contributed by atoms with van der Waals surface area (Å²) in [5.74, 6) is -0.598. The van der Waals surface area contributed by atoms with Crippen molar-refractivity contribution in [3.05, 3.63) is 24.7 Å². The molecule has 4 atom stereocenters. The van der Waals surface area contributed by atoms with E-state index in [2.05, 4.69) is 11.9 Å². The molecule has 21 heavy (non-hydrogen) atoms. The smallest absolute Gasteiger partial charge is 0.265 e. The lowest BCUT2D eigenvalue weighted by Crippen LogP contribution is -2.56. The second-order valence-corrected chi connectivity index (χ2v) is 4.78. The maximum Gasteiger partial charge on any atom is 0.265 e. The van der Waals surface area contributed by atoms with E-state index >= 15 is 0 Å². The summed E-state index contributed by atoms with van der Waals surface area (Å²) in [5.41, 5.74) is -4.36. The predicted octanol–water partition coefficient (Wildman–Crippen LogP) is -1.92. The van der Waals surface area contributed by atoms with Gasteiger partial charge < -0.3 is 25.4 Å². The highest BCUT2D eigenvalue weighted by Crippen LogP contribution is 2.42. The van der Waals surface area contributed by atoms with Crippen molar-refractivity contribution in [2.24, 2.45) is 0 Å². The second kappa shape index (κ2) is 5.09. The van der Waals surface area contributed by atoms with Gasteiger partial charge >= 0.3 is 0 Å². The molecule has 0 unspecified atom stereocenters. The average molecular weight is 299 g/mol. The first kappa shape index (κ1) is 15.4. The first-order chi connectivity index (χ1) is 9.86. The van der Waals surface area contributed by atoms with E-state index < -0.39 is 42.7 Å². The molecule has 2 rings (SSSR count). The fourth-order valence-electron chi connectivity index (χ4n) is 2.33. The lowest BCUT2D eigenvalue weighted by molar-refractivity contribution is -0.176. The van der Waals surface area contributed by atoms with E-state index in [0.29, 0.717) is 0 Å². The van der Waals surface area contributed by atoms with Crippen molar-refractivity contribution in [2.45, 2.75) is 23.5 Å². The summed E-state index contributed by atoms with van der Waals surface area (Å²) in [6.45, 7) is 1.24. The molecule has 2 aliphatic rings. The number of hydrogen-bond donors (Lipinski definition) is 4. The lowest BCUT2D eigenvalue weighted by Gasteiger charge is -2.39. The van der Waals surface area contributed by atoms with Crippen molar-refractivity contribution >= 4 is 5.91 Å². The van der Waals surface area contributed by atoms with Gasteiger partial charge in [0.15, 0.2) is 5.60 Å². The van der Waals surface area contributed by atoms with E-state index in [1.165, 1.54) is 0 Å². The van der Waals surface area contributed by atoms with E-state index in [1.54, 1.807) is 6.07 Å². The molecule has 1 amide bonds. The molecule has 0 spiro atoms. The van der Waals surface area contributed by atoms with Crippen LogP contribution in [-0.4, -0.2) is 62.9 Å². The van der Waals surface area contributed by atoms with Gasteiger partial charge in [0, 0.05) is 12.3 Å². The predicted molar refractivity (Wildman–Crippen MR) is 65.5 cm³/mol. The molecule has 4 N–H and O–H groups in total. The number of aliphatic hydroxyl groups is 3. The minimum atomic E-state index is -2.23. The van der Waals surface area contributed by atoms with Crippen LogP contribution in [0.5, 0.6) is 0 Å². The molecule has 0 aliphatic carbocycles. The average Bonchev–Trinajstić information content (AvgIpc) is 2.70. The zero-order chi connectivity index (χ0) is 15.8. The molecule has 0 radical (unpaired) electrons. The van der Waals surface area contributed by atoms with Crippen LogP contribution in [0, 0.1) is 11.3 Å². The molecule has 0 aromatic carbocycles. The Bertz CT molecular complexity index is 542. The number of nitrogens with zero attached hydrogens (tertiary/aromatic N) is 2. The first-order valence-corrected chi connectivity index (χ1v) is 5.98. The Morgan fingerprint density at radius 3 is 2.67 bits per heavy atom. The Balaban J connectivity index is 2.48. The number of carbonyl (C=O) groups is 1. The van der Waals surface area contributed by atoms with Crippen LogP contribution >= 0.6 is 0 Å². The van der Waals surface area contributed by atoms with Gasteiger partial charge in [-0.25, -0.2) is 4.39 Å². The fraction of sp³-hybridized carbons (Fsp3) is 0.500. The van der Waals surface area contributed by atoms with Gasteiger partial charge in [0.2, 0.25) is 0 Å². The zero-order valence-corrected chi connectivity index (χ0v) is 10.9. The van der Waals surface area contributed by atoms with Gasteiger partial charge in [-0.05, 0) is 0 Å². The number of carbonyl (C=O) groups excluding carboxylic acids is 1. The van der Waals surface area contributed by atoms with Gasteiger partial charge in [0.1, 0.15) is 30.8 Å². The summed E-state index contributed by atoms with van der Waals surface area (Å²) < 4.78 is 18.4. The number of halogens is 1. The fourth-order valence-corrected chi connectivity index (χ4v) is 2.33. The van der Waals surface area contributed by atoms with Crippen molar-refractivity contribution in [2.75, 3.05) is 13.3 Å². The number of rotatable bonds is 3. The number of nitrogens with one attached hydrogen (secondary N) is 1. The molecule has 2 heterocycles. The third-order valence-electron chi connectivity index (χ3n) is 3.54. The molecular formula is C12H14FN3O5. The Hall–Kier alpha value is -1.99. The number of ether oxygens (including phenoxy) is 1. The molecule has 9 heteroatoms. The van der Waals surface area contributed by atoms with Crippen LogP contribution in [0.1, 0.15) is 0 Å². The Morgan fingerprint density at radius 2 is 2.24 bits per heavy atom. The van der Waals surface area contributed by atoms with Gasteiger partial charge in [-0.15, -0.1) is 0 Å². The van der Waals surface area contributed by atoms with E-state index in [9.17, 15) is 29.8 Å². The lowest BCUT2D eigenvalue weighted by atomic mass is 9.94. The summed E-state index contributed by atoms with van der Waals surface area (Å²) in [7, 11) is 0. The standard InChI is InChI=1S/C12H14FN3O5/c1-7-15-8(18)2-3-16(7)12(5-14)10(20)9(19)11(4-13,6-17)21-12/h2-3,9-10,17,19-20H,1,4,6H2,(H,15,18)/t9-,10+,11+,12+/m0/s1. The highest BCUT2D eigenvalue weighted by molar-refractivity contribution is 5.89. The molecule has 0 aromatic heterocycles. The number of nitriles is 1. The third-order valence-corrected chi connectivity index (χ3v) is 3.54. The number of hydrogen-bond acceptors (Lipinski definition) is 7. The highest BCUT2D eigenvalue weighted by atomic mass is 19.1. The maximum atomic E-state index is 13.2. The topological polar surface area (TPSA) is 126 Å². The van der Waals surface area contributed by atoms with Crippen LogP contribution in [0.2, 0.25) is 0 Å². The van der Waals surface area contributed by atoms with Crippen LogP contribution in [0.4, 0.5) is 4.39 Å². The van der Waals surface area contributed by atoms with Gasteiger partial charge in [0.05, 0.1) is 6.61 Å². The number of aliphatic hydroxyl groups excluding tert-OH is 3. The molecule has 0 bridgehead atoms. The van der Waals surface area contributed by atoms with Crippen molar-refractivity contribution in [1.29, 1.82) is 5.26 Å². The van der Waals surface area contributed by atoms with Crippen molar-refractivity contribution in [3.8, 4) is 6.07 Å². The van der Waals surface area contributed by atoms with Crippen molar-refractivity contribution in [1.82, 2.24) is 10.2 Å². The van der Waals surface area contributed by atoms with Gasteiger partial charge in [-0.1, -0.05) is 6.58 Å². The van der Waals surface area contributed by atoms with Gasteiger partial charge in [0.25, 0.3) is 11.6 Å². The SMILES string of the molecule is C=C1NC(=O)C=CN1[C@]1(C#N)O[C@@](CO)(CF)[C@@H](O)[C@H]1O. The molecular weight excluding hydrogens is 285 g/mol. The Kier molecular flexibility index (Phi) is 3.73. The molecule has 2 aliphatic heterocycles. The van der Waals surface area contributed by atoms with Crippen LogP contribution < -0.4 is 5.32 Å². The molecule has 0 aromatic rings. The Labute approximate surface area is 119 Å². The van der Waals surface area contributed by atoms with E-state index in [0.717, 1.165) is 17.2 Å². The second-order valence-electron chi connectivity index (χ2n) is 4.78. The van der Waals surface area contributed by atoms with Crippen molar-refractivity contribution in [3.63, 3.8) is 0 Å². The number of alkyl halides is 1. The van der Waals surface area contributed by atoms with Gasteiger partial charge in [-0.2, -0.15) is 5.26 Å². The van der Waals surface area contributed by atoms with E-state index in [4.69, 9.17) is 4.74 Å². The summed E-state index contributed by atoms with van der Waals surface area (Å²) in [6.07, 6.45) is -1.54. The molecule has 8 nitrogen and oxygen atoms in total. The summed E-state index contributed by atoms with van der Waals surface area (Å²) in [6, 6.07) is 1.65. The minimum absolute atomic E-state index is 0.0945. The van der Waals surface area contributed by atoms with E-state index in [1.807, 2.05) is 0 Å². The molecule has 1 fully saturated rings. The van der Waals surface area contributed by atoms with E-state index in [-0.39, 0.29) is 5.82 Å². The Morgan fingerprint density at radius 1 is 1.57 bits per heavy atom. The largest absolute Gasteiger partial charge is 0.393 e. The minimum Gasteiger partial charge on any atom is -0.393 e. The maximum absolute atomic E-state index is 13.2. The monoisotopic (exact) mass is 299 g/mol. The summed E-state index contributed by atoms with van der Waals surface area (Å²) >= 11 is 0. The highest BCUT2D eigenvalue weighted by Gasteiger charge is 2.65. The van der Waals surface area contributed by atoms with Crippen LogP contribution in [0.15, 0.2) is 24.7 Å². The molecule has 1 saturated heterocycles. The van der Waals surface area contributed by atoms with Crippen molar-refractivity contribution < 1.29 is 29.2 Å². The molecule has 114 valence electrons. The van der Waals surface area contributed by atoms with Gasteiger partial charge in [-0.3, -0.25) is 9.69 Å². The normalized spacial score (nSPS) is 39.3. The van der Waals surface area contributed by atoms with Crippen LogP contribution in [-0.2, 0) is 9.53 Å².